The molecule has 0 N–H and O–H groups in total. The number of amides is 1. The van der Waals surface area contributed by atoms with Gasteiger partial charge in [0.15, 0.2) is 5.69 Å². The number of imidazole rings is 1. The Labute approximate surface area is 216 Å². The molecule has 1 atom stereocenters. The van der Waals surface area contributed by atoms with Gasteiger partial charge in [-0.2, -0.15) is 0 Å². The molecule has 0 radical (unpaired) electrons. The quantitative estimate of drug-likeness (QED) is 0.373. The highest BCUT2D eigenvalue weighted by Crippen LogP contribution is 2.38. The Hall–Kier alpha value is -4.22. The number of anilines is 1. The zero-order valence-corrected chi connectivity index (χ0v) is 21.0. The number of piperidine rings is 1. The van der Waals surface area contributed by atoms with Crippen molar-refractivity contribution >= 4 is 22.8 Å². The summed E-state index contributed by atoms with van der Waals surface area (Å²) in [5.74, 6) is 1.09. The van der Waals surface area contributed by atoms with Crippen molar-refractivity contribution < 1.29 is 9.53 Å². The maximum atomic E-state index is 12.3. The standard InChI is InChI=1S/C29H28N6O2/c1-30-23-9-6-20(7-10-23)27-28(21-8-11-24-22(13-21)14-26(36)34(24)3)35-18-31-15-25(35)29(32-27)37-17-19-5-4-12-33(2)16-19/h6-11,13,15,18-19H,4-5,12,14,16-17H2,2-3H3/t19-/m1/s1. The summed E-state index contributed by atoms with van der Waals surface area (Å²) in [5.41, 5.74) is 6.75. The van der Waals surface area contributed by atoms with Gasteiger partial charge in [0.25, 0.3) is 0 Å². The summed E-state index contributed by atoms with van der Waals surface area (Å²) in [7, 11) is 3.96. The third-order valence-corrected chi connectivity index (χ3v) is 7.41. The molecular formula is C29H28N6O2. The largest absolute Gasteiger partial charge is 0.476 e. The van der Waals surface area contributed by atoms with Gasteiger partial charge in [0, 0.05) is 30.8 Å². The minimum Gasteiger partial charge on any atom is -0.476 e. The summed E-state index contributed by atoms with van der Waals surface area (Å²) in [4.78, 5) is 29.4. The molecule has 2 aromatic heterocycles. The number of nitrogens with zero attached hydrogens (tertiary/aromatic N) is 6. The summed E-state index contributed by atoms with van der Waals surface area (Å²) in [6.45, 7) is 10.1. The van der Waals surface area contributed by atoms with Gasteiger partial charge in [-0.15, -0.1) is 0 Å². The van der Waals surface area contributed by atoms with E-state index in [1.807, 2.05) is 35.7 Å². The van der Waals surface area contributed by atoms with Crippen LogP contribution in [0.25, 0.3) is 32.9 Å². The molecule has 1 amide bonds. The Morgan fingerprint density at radius 1 is 1.14 bits per heavy atom. The molecule has 0 saturated carbocycles. The van der Waals surface area contributed by atoms with Crippen molar-refractivity contribution in [3.8, 4) is 28.4 Å². The summed E-state index contributed by atoms with van der Waals surface area (Å²) in [6.07, 6.45) is 6.27. The third-order valence-electron chi connectivity index (χ3n) is 7.41. The van der Waals surface area contributed by atoms with Gasteiger partial charge in [-0.05, 0) is 49.7 Å². The summed E-state index contributed by atoms with van der Waals surface area (Å²) in [5, 5.41) is 0. The SMILES string of the molecule is [C-]#[N+]c1ccc(-c2nc(OC[C@@H]3CCCN(C)C3)c3cncn3c2-c2ccc3c(c2)CC(=O)N3C)cc1. The number of ether oxygens (including phenoxy) is 1. The van der Waals surface area contributed by atoms with Crippen LogP contribution in [0.15, 0.2) is 55.0 Å². The van der Waals surface area contributed by atoms with Crippen LogP contribution >= 0.6 is 0 Å². The smallest absolute Gasteiger partial charge is 0.240 e. The first kappa shape index (κ1) is 23.2. The number of hydrogen-bond donors (Lipinski definition) is 0. The van der Waals surface area contributed by atoms with E-state index in [-0.39, 0.29) is 5.91 Å². The maximum absolute atomic E-state index is 12.3. The van der Waals surface area contributed by atoms with Crippen molar-refractivity contribution in [3.05, 3.63) is 72.0 Å². The van der Waals surface area contributed by atoms with Crippen LogP contribution in [0, 0.1) is 12.5 Å². The van der Waals surface area contributed by atoms with Gasteiger partial charge in [0.2, 0.25) is 11.8 Å². The highest BCUT2D eigenvalue weighted by atomic mass is 16.5. The Morgan fingerprint density at radius 3 is 2.73 bits per heavy atom. The maximum Gasteiger partial charge on any atom is 0.240 e. The predicted octanol–water partition coefficient (Wildman–Crippen LogP) is 4.85. The first-order valence-corrected chi connectivity index (χ1v) is 12.6. The molecule has 2 aliphatic heterocycles. The Kier molecular flexibility index (Phi) is 5.85. The lowest BCUT2D eigenvalue weighted by Crippen LogP contribution is -2.34. The lowest BCUT2D eigenvalue weighted by atomic mass is 9.99. The van der Waals surface area contributed by atoms with Crippen molar-refractivity contribution in [3.63, 3.8) is 0 Å². The normalized spacial score (nSPS) is 17.7. The average Bonchev–Trinajstić information content (AvgIpc) is 3.51. The molecule has 2 aromatic carbocycles. The molecule has 0 spiro atoms. The molecule has 0 aliphatic carbocycles. The molecule has 0 bridgehead atoms. The van der Waals surface area contributed by atoms with Gasteiger partial charge in [-0.25, -0.2) is 14.8 Å². The lowest BCUT2D eigenvalue weighted by molar-refractivity contribution is -0.117. The number of fused-ring (bicyclic) bond motifs is 2. The second kappa shape index (κ2) is 9.34. The van der Waals surface area contributed by atoms with Gasteiger partial charge in [-0.1, -0.05) is 30.3 Å². The lowest BCUT2D eigenvalue weighted by Gasteiger charge is -2.29. The van der Waals surface area contributed by atoms with Crippen LogP contribution in [0.2, 0.25) is 0 Å². The zero-order valence-electron chi connectivity index (χ0n) is 21.0. The van der Waals surface area contributed by atoms with E-state index in [4.69, 9.17) is 16.3 Å². The minimum absolute atomic E-state index is 0.0881. The monoisotopic (exact) mass is 492 g/mol. The third kappa shape index (κ3) is 4.21. The van der Waals surface area contributed by atoms with Crippen molar-refractivity contribution in [2.75, 3.05) is 38.7 Å². The molecule has 186 valence electrons. The van der Waals surface area contributed by atoms with Crippen molar-refractivity contribution in [2.24, 2.45) is 5.92 Å². The Balaban J connectivity index is 1.48. The van der Waals surface area contributed by atoms with Gasteiger partial charge in [0.1, 0.15) is 5.52 Å². The summed E-state index contributed by atoms with van der Waals surface area (Å²) < 4.78 is 8.39. The van der Waals surface area contributed by atoms with E-state index >= 15 is 0 Å². The topological polar surface area (TPSA) is 67.3 Å². The molecule has 8 nitrogen and oxygen atoms in total. The van der Waals surface area contributed by atoms with Crippen LogP contribution < -0.4 is 9.64 Å². The van der Waals surface area contributed by atoms with Crippen molar-refractivity contribution in [2.45, 2.75) is 19.3 Å². The van der Waals surface area contributed by atoms with Crippen LogP contribution in [0.4, 0.5) is 11.4 Å². The summed E-state index contributed by atoms with van der Waals surface area (Å²) in [6, 6.07) is 13.6. The number of carbonyl (C=O) groups is 1. The van der Waals surface area contributed by atoms with Gasteiger partial charge < -0.3 is 14.5 Å². The molecular weight excluding hydrogens is 464 g/mol. The average molecular weight is 493 g/mol. The van der Waals surface area contributed by atoms with Crippen LogP contribution in [-0.4, -0.2) is 59.0 Å². The fourth-order valence-corrected chi connectivity index (χ4v) is 5.46. The Morgan fingerprint density at radius 2 is 1.95 bits per heavy atom. The number of likely N-dealkylation sites (tertiary alicyclic amines) is 1. The first-order valence-electron chi connectivity index (χ1n) is 12.6. The number of likely N-dealkylation sites (N-methyl/N-ethyl adjacent to an activating group) is 1. The van der Waals surface area contributed by atoms with E-state index in [2.05, 4.69) is 27.8 Å². The Bertz CT molecular complexity index is 1530. The van der Waals surface area contributed by atoms with Crippen molar-refractivity contribution in [1.29, 1.82) is 0 Å². The molecule has 37 heavy (non-hydrogen) atoms. The van der Waals surface area contributed by atoms with Crippen LogP contribution in [0.3, 0.4) is 0 Å². The van der Waals surface area contributed by atoms with Gasteiger partial charge in [0.05, 0.1) is 43.5 Å². The molecule has 2 aliphatic rings. The fourth-order valence-electron chi connectivity index (χ4n) is 5.46. The van der Waals surface area contributed by atoms with Crippen LogP contribution in [0.5, 0.6) is 5.88 Å². The number of carbonyl (C=O) groups excluding carboxylic acids is 1. The van der Waals surface area contributed by atoms with E-state index in [0.29, 0.717) is 30.5 Å². The van der Waals surface area contributed by atoms with E-state index in [1.165, 1.54) is 6.42 Å². The number of rotatable bonds is 5. The second-order valence-electron chi connectivity index (χ2n) is 9.98. The predicted molar refractivity (Wildman–Crippen MR) is 143 cm³/mol. The zero-order chi connectivity index (χ0) is 25.5. The molecule has 4 heterocycles. The van der Waals surface area contributed by atoms with Crippen molar-refractivity contribution in [1.82, 2.24) is 19.3 Å². The second-order valence-corrected chi connectivity index (χ2v) is 9.98. The van der Waals surface area contributed by atoms with E-state index < -0.39 is 0 Å². The number of hydrogen-bond acceptors (Lipinski definition) is 5. The number of benzene rings is 2. The molecule has 4 aromatic rings. The van der Waals surface area contributed by atoms with E-state index in [1.54, 1.807) is 29.6 Å². The molecule has 8 heteroatoms. The van der Waals surface area contributed by atoms with Gasteiger partial charge in [-0.3, -0.25) is 9.20 Å². The van der Waals surface area contributed by atoms with Crippen LogP contribution in [0.1, 0.15) is 18.4 Å². The van der Waals surface area contributed by atoms with E-state index in [0.717, 1.165) is 58.8 Å². The molecule has 0 unspecified atom stereocenters. The molecule has 1 saturated heterocycles. The van der Waals surface area contributed by atoms with Gasteiger partial charge >= 0.3 is 0 Å². The summed E-state index contributed by atoms with van der Waals surface area (Å²) >= 11 is 0. The fraction of sp³-hybridized carbons (Fsp3) is 0.310. The highest BCUT2D eigenvalue weighted by molar-refractivity contribution is 6.01. The minimum atomic E-state index is 0.0881. The molecule has 6 rings (SSSR count). The van der Waals surface area contributed by atoms with Crippen LogP contribution in [-0.2, 0) is 11.2 Å². The molecule has 1 fully saturated rings. The number of aromatic nitrogens is 3. The highest BCUT2D eigenvalue weighted by Gasteiger charge is 2.26. The first-order chi connectivity index (χ1) is 18.0. The van der Waals surface area contributed by atoms with E-state index in [9.17, 15) is 4.79 Å².